The van der Waals surface area contributed by atoms with Crippen LogP contribution in [0.5, 0.6) is 11.5 Å². The van der Waals surface area contributed by atoms with Crippen molar-refractivity contribution >= 4 is 22.6 Å². The van der Waals surface area contributed by atoms with Crippen LogP contribution in [0, 0.1) is 3.57 Å². The number of rotatable bonds is 6. The van der Waals surface area contributed by atoms with Gasteiger partial charge in [0, 0.05) is 14.2 Å². The first-order valence-electron chi connectivity index (χ1n) is 4.31. The Bertz CT molecular complexity index is 303. The van der Waals surface area contributed by atoms with E-state index in [2.05, 4.69) is 22.6 Å². The van der Waals surface area contributed by atoms with E-state index >= 15 is 0 Å². The van der Waals surface area contributed by atoms with Crippen LogP contribution in [-0.2, 0) is 9.47 Å². The highest BCUT2D eigenvalue weighted by Crippen LogP contribution is 2.32. The van der Waals surface area contributed by atoms with E-state index in [1.807, 2.05) is 18.2 Å². The fourth-order valence-corrected chi connectivity index (χ4v) is 1.61. The van der Waals surface area contributed by atoms with E-state index < -0.39 is 0 Å². The predicted molar refractivity (Wildman–Crippen MR) is 64.2 cm³/mol. The number of hydrogen-bond donors (Lipinski definition) is 0. The SMILES string of the molecule is COCOc1cccc(I)c1OCOC. The molecule has 0 aliphatic rings. The van der Waals surface area contributed by atoms with E-state index in [4.69, 9.17) is 18.9 Å². The van der Waals surface area contributed by atoms with Crippen molar-refractivity contribution in [2.24, 2.45) is 0 Å². The van der Waals surface area contributed by atoms with Crippen molar-refractivity contribution in [2.75, 3.05) is 27.8 Å². The predicted octanol–water partition coefficient (Wildman–Crippen LogP) is 2.26. The lowest BCUT2D eigenvalue weighted by molar-refractivity contribution is 0.0318. The quantitative estimate of drug-likeness (QED) is 0.594. The van der Waals surface area contributed by atoms with Gasteiger partial charge in [-0.05, 0) is 34.7 Å². The second-order valence-electron chi connectivity index (χ2n) is 2.67. The molecule has 1 aromatic rings. The van der Waals surface area contributed by atoms with Crippen molar-refractivity contribution in [1.29, 1.82) is 0 Å². The summed E-state index contributed by atoms with van der Waals surface area (Å²) in [4.78, 5) is 0. The molecule has 4 nitrogen and oxygen atoms in total. The van der Waals surface area contributed by atoms with Crippen LogP contribution in [0.1, 0.15) is 0 Å². The second-order valence-corrected chi connectivity index (χ2v) is 3.83. The first kappa shape index (κ1) is 12.5. The van der Waals surface area contributed by atoms with E-state index in [9.17, 15) is 0 Å². The number of methoxy groups -OCH3 is 2. The molecule has 84 valence electrons. The molecule has 0 spiro atoms. The Morgan fingerprint density at radius 2 is 1.73 bits per heavy atom. The number of halogens is 1. The molecule has 0 bridgehead atoms. The summed E-state index contributed by atoms with van der Waals surface area (Å²) in [6.45, 7) is 0.396. The fraction of sp³-hybridized carbons (Fsp3) is 0.400. The molecule has 0 saturated heterocycles. The lowest BCUT2D eigenvalue weighted by Crippen LogP contribution is -2.05. The molecule has 0 N–H and O–H groups in total. The molecule has 0 aliphatic heterocycles. The normalized spacial score (nSPS) is 10.1. The standard InChI is InChI=1S/C10H13IO4/c1-12-6-14-9-5-3-4-8(11)10(9)15-7-13-2/h3-5H,6-7H2,1-2H3. The Morgan fingerprint density at radius 1 is 1.07 bits per heavy atom. The third-order valence-corrected chi connectivity index (χ3v) is 2.43. The first-order chi connectivity index (χ1) is 7.29. The molecule has 0 aliphatic carbocycles. The van der Waals surface area contributed by atoms with Gasteiger partial charge in [0.25, 0.3) is 0 Å². The molecule has 0 amide bonds. The summed E-state index contributed by atoms with van der Waals surface area (Å²) in [7, 11) is 3.15. The van der Waals surface area contributed by atoms with Crippen LogP contribution in [0.25, 0.3) is 0 Å². The maximum absolute atomic E-state index is 5.40. The molecule has 1 rings (SSSR count). The molecule has 1 aromatic carbocycles. The van der Waals surface area contributed by atoms with Crippen LogP contribution in [-0.4, -0.2) is 27.8 Å². The largest absolute Gasteiger partial charge is 0.464 e. The van der Waals surface area contributed by atoms with Crippen LogP contribution in [0.4, 0.5) is 0 Å². The van der Waals surface area contributed by atoms with Gasteiger partial charge in [-0.1, -0.05) is 6.07 Å². The zero-order chi connectivity index (χ0) is 11.1. The first-order valence-corrected chi connectivity index (χ1v) is 5.39. The van der Waals surface area contributed by atoms with Crippen LogP contribution in [0.3, 0.4) is 0 Å². The van der Waals surface area contributed by atoms with Gasteiger partial charge in [-0.2, -0.15) is 0 Å². The molecule has 0 atom stereocenters. The lowest BCUT2D eigenvalue weighted by Gasteiger charge is -2.12. The Morgan fingerprint density at radius 3 is 2.40 bits per heavy atom. The Labute approximate surface area is 103 Å². The third kappa shape index (κ3) is 3.84. The highest BCUT2D eigenvalue weighted by atomic mass is 127. The van der Waals surface area contributed by atoms with Gasteiger partial charge in [0.15, 0.2) is 25.1 Å². The summed E-state index contributed by atoms with van der Waals surface area (Å²) in [6, 6.07) is 5.66. The highest BCUT2D eigenvalue weighted by Gasteiger charge is 2.08. The van der Waals surface area contributed by atoms with Crippen LogP contribution in [0.15, 0.2) is 18.2 Å². The zero-order valence-corrected chi connectivity index (χ0v) is 10.8. The summed E-state index contributed by atoms with van der Waals surface area (Å²) in [5.74, 6) is 1.33. The van der Waals surface area contributed by atoms with E-state index in [0.29, 0.717) is 11.5 Å². The van der Waals surface area contributed by atoms with E-state index in [1.165, 1.54) is 0 Å². The molecule has 0 aromatic heterocycles. The van der Waals surface area contributed by atoms with E-state index in [0.717, 1.165) is 3.57 Å². The van der Waals surface area contributed by atoms with Crippen molar-refractivity contribution < 1.29 is 18.9 Å². The van der Waals surface area contributed by atoms with Crippen molar-refractivity contribution in [1.82, 2.24) is 0 Å². The maximum atomic E-state index is 5.40. The summed E-state index contributed by atoms with van der Waals surface area (Å²) in [6.07, 6.45) is 0. The molecule has 0 radical (unpaired) electrons. The fourth-order valence-electron chi connectivity index (χ4n) is 0.983. The van der Waals surface area contributed by atoms with Crippen LogP contribution in [0.2, 0.25) is 0 Å². The van der Waals surface area contributed by atoms with Gasteiger partial charge >= 0.3 is 0 Å². The van der Waals surface area contributed by atoms with Crippen LogP contribution < -0.4 is 9.47 Å². The van der Waals surface area contributed by atoms with E-state index in [-0.39, 0.29) is 13.6 Å². The molecule has 15 heavy (non-hydrogen) atoms. The van der Waals surface area contributed by atoms with Gasteiger partial charge in [-0.15, -0.1) is 0 Å². The number of benzene rings is 1. The zero-order valence-electron chi connectivity index (χ0n) is 8.66. The summed E-state index contributed by atoms with van der Waals surface area (Å²) >= 11 is 2.18. The number of ether oxygens (including phenoxy) is 4. The van der Waals surface area contributed by atoms with Crippen LogP contribution >= 0.6 is 22.6 Å². The lowest BCUT2D eigenvalue weighted by atomic mass is 10.3. The van der Waals surface area contributed by atoms with Gasteiger partial charge in [-0.3, -0.25) is 0 Å². The third-order valence-electron chi connectivity index (χ3n) is 1.58. The molecular weight excluding hydrogens is 311 g/mol. The second kappa shape index (κ2) is 6.86. The van der Waals surface area contributed by atoms with Gasteiger partial charge in [0.05, 0.1) is 3.57 Å². The minimum Gasteiger partial charge on any atom is -0.464 e. The molecule has 0 unspecified atom stereocenters. The number of para-hydroxylation sites is 1. The van der Waals surface area contributed by atoms with Crippen molar-refractivity contribution in [2.45, 2.75) is 0 Å². The summed E-state index contributed by atoms with van der Waals surface area (Å²) in [5, 5.41) is 0. The highest BCUT2D eigenvalue weighted by molar-refractivity contribution is 14.1. The Kier molecular flexibility index (Phi) is 5.74. The molecule has 0 fully saturated rings. The average molecular weight is 324 g/mol. The summed E-state index contributed by atoms with van der Waals surface area (Å²) in [5.41, 5.74) is 0. The number of hydrogen-bond acceptors (Lipinski definition) is 4. The van der Waals surface area contributed by atoms with Crippen molar-refractivity contribution in [3.05, 3.63) is 21.8 Å². The molecule has 0 saturated carbocycles. The monoisotopic (exact) mass is 324 g/mol. The van der Waals surface area contributed by atoms with Gasteiger partial charge in [-0.25, -0.2) is 0 Å². The minimum atomic E-state index is 0.198. The average Bonchev–Trinajstić information content (AvgIpc) is 2.25. The Balaban J connectivity index is 2.77. The van der Waals surface area contributed by atoms with Gasteiger partial charge < -0.3 is 18.9 Å². The maximum Gasteiger partial charge on any atom is 0.188 e. The van der Waals surface area contributed by atoms with Gasteiger partial charge in [0.2, 0.25) is 0 Å². The molecule has 0 heterocycles. The molecule has 5 heteroatoms. The Hall–Kier alpha value is -0.530. The van der Waals surface area contributed by atoms with Crippen molar-refractivity contribution in [3.63, 3.8) is 0 Å². The van der Waals surface area contributed by atoms with Gasteiger partial charge in [0.1, 0.15) is 0 Å². The summed E-state index contributed by atoms with van der Waals surface area (Å²) < 4.78 is 21.4. The minimum absolute atomic E-state index is 0.198. The van der Waals surface area contributed by atoms with Crippen molar-refractivity contribution in [3.8, 4) is 11.5 Å². The topological polar surface area (TPSA) is 36.9 Å². The smallest absolute Gasteiger partial charge is 0.188 e. The molecular formula is C10H13IO4. The van der Waals surface area contributed by atoms with E-state index in [1.54, 1.807) is 14.2 Å².